The number of nitrogens with one attached hydrogen (secondary N) is 2. The number of carbonyl (C=O) groups is 4. The molecule has 0 saturated carbocycles. The van der Waals surface area contributed by atoms with Crippen LogP contribution in [0.3, 0.4) is 0 Å². The first-order valence-electron chi connectivity index (χ1n) is 6.63. The van der Waals surface area contributed by atoms with Crippen molar-refractivity contribution in [2.75, 3.05) is 14.2 Å². The van der Waals surface area contributed by atoms with Gasteiger partial charge in [0.1, 0.15) is 12.1 Å². The molecule has 0 aromatic rings. The fraction of sp³-hybridized carbons (Fsp3) is 0.692. The van der Waals surface area contributed by atoms with Crippen molar-refractivity contribution >= 4 is 23.8 Å². The Morgan fingerprint density at radius 3 is 2.48 bits per heavy atom. The number of hydrogen-bond acceptors (Lipinski definition) is 6. The summed E-state index contributed by atoms with van der Waals surface area (Å²) in [5, 5.41) is 5.04. The standard InChI is InChI=1S/C13H20N2O6/c1-7(6-10(17)20-2)11(13(19)21-3)15-12(18)8-4-5-9(16)14-8/h7-8,11H,4-6H2,1-3H3,(H,14,16)(H,15,18)/t7-,8+,11-/m1/s1. The van der Waals surface area contributed by atoms with E-state index in [2.05, 4.69) is 20.1 Å². The summed E-state index contributed by atoms with van der Waals surface area (Å²) in [5.74, 6) is -2.30. The van der Waals surface area contributed by atoms with E-state index in [1.807, 2.05) is 0 Å². The minimum atomic E-state index is -0.973. The van der Waals surface area contributed by atoms with Crippen LogP contribution in [0.4, 0.5) is 0 Å². The lowest BCUT2D eigenvalue weighted by atomic mass is 9.97. The summed E-state index contributed by atoms with van der Waals surface area (Å²) in [5.41, 5.74) is 0. The van der Waals surface area contributed by atoms with Gasteiger partial charge >= 0.3 is 11.9 Å². The van der Waals surface area contributed by atoms with Crippen LogP contribution in [0.1, 0.15) is 26.2 Å². The van der Waals surface area contributed by atoms with E-state index in [0.717, 1.165) is 0 Å². The van der Waals surface area contributed by atoms with Crippen molar-refractivity contribution in [1.29, 1.82) is 0 Å². The Labute approximate surface area is 122 Å². The van der Waals surface area contributed by atoms with Gasteiger partial charge < -0.3 is 20.1 Å². The van der Waals surface area contributed by atoms with Crippen LogP contribution in [0.15, 0.2) is 0 Å². The molecule has 21 heavy (non-hydrogen) atoms. The first kappa shape index (κ1) is 16.9. The van der Waals surface area contributed by atoms with Crippen LogP contribution < -0.4 is 10.6 Å². The molecule has 1 heterocycles. The third-order valence-electron chi connectivity index (χ3n) is 3.35. The normalized spacial score (nSPS) is 20.1. The van der Waals surface area contributed by atoms with Crippen molar-refractivity contribution < 1.29 is 28.7 Å². The maximum absolute atomic E-state index is 12.0. The zero-order valence-electron chi connectivity index (χ0n) is 12.3. The Kier molecular flexibility index (Phi) is 6.13. The molecule has 1 saturated heterocycles. The zero-order valence-corrected chi connectivity index (χ0v) is 12.3. The molecule has 1 fully saturated rings. The number of ether oxygens (including phenoxy) is 2. The highest BCUT2D eigenvalue weighted by molar-refractivity contribution is 5.93. The second-order valence-corrected chi connectivity index (χ2v) is 4.93. The van der Waals surface area contributed by atoms with Crippen molar-refractivity contribution in [1.82, 2.24) is 10.6 Å². The highest BCUT2D eigenvalue weighted by Gasteiger charge is 2.34. The fourth-order valence-electron chi connectivity index (χ4n) is 2.09. The van der Waals surface area contributed by atoms with Gasteiger partial charge in [0.05, 0.1) is 20.6 Å². The summed E-state index contributed by atoms with van der Waals surface area (Å²) in [6.07, 6.45) is 0.621. The van der Waals surface area contributed by atoms with Gasteiger partial charge in [0.15, 0.2) is 0 Å². The summed E-state index contributed by atoms with van der Waals surface area (Å²) in [4.78, 5) is 46.2. The molecule has 2 amide bonds. The van der Waals surface area contributed by atoms with Crippen LogP contribution in [-0.2, 0) is 28.7 Å². The molecular formula is C13H20N2O6. The number of rotatable bonds is 6. The Balaban J connectivity index is 2.69. The van der Waals surface area contributed by atoms with Gasteiger partial charge in [0.2, 0.25) is 11.8 Å². The van der Waals surface area contributed by atoms with Gasteiger partial charge in [-0.1, -0.05) is 6.92 Å². The highest BCUT2D eigenvalue weighted by atomic mass is 16.5. The molecule has 0 unspecified atom stereocenters. The SMILES string of the molecule is COC(=O)C[C@@H](C)[C@@H](NC(=O)[C@@H]1CCC(=O)N1)C(=O)OC. The molecule has 0 aliphatic carbocycles. The molecule has 0 aromatic heterocycles. The van der Waals surface area contributed by atoms with Crippen molar-refractivity contribution in [3.8, 4) is 0 Å². The number of hydrogen-bond donors (Lipinski definition) is 2. The van der Waals surface area contributed by atoms with Crippen LogP contribution in [-0.4, -0.2) is 50.1 Å². The molecule has 8 heteroatoms. The topological polar surface area (TPSA) is 111 Å². The van der Waals surface area contributed by atoms with Gasteiger partial charge in [-0.3, -0.25) is 14.4 Å². The van der Waals surface area contributed by atoms with Crippen LogP contribution in [0.5, 0.6) is 0 Å². The van der Waals surface area contributed by atoms with Gasteiger partial charge in [0.25, 0.3) is 0 Å². The van der Waals surface area contributed by atoms with E-state index in [9.17, 15) is 19.2 Å². The molecule has 0 bridgehead atoms. The van der Waals surface area contributed by atoms with Gasteiger partial charge in [-0.15, -0.1) is 0 Å². The molecule has 1 aliphatic heterocycles. The molecule has 118 valence electrons. The lowest BCUT2D eigenvalue weighted by molar-refractivity contribution is -0.148. The first-order chi connectivity index (χ1) is 9.88. The predicted octanol–water partition coefficient (Wildman–Crippen LogP) is -0.878. The average Bonchev–Trinajstić information content (AvgIpc) is 2.89. The molecule has 0 aromatic carbocycles. The number of esters is 2. The van der Waals surface area contributed by atoms with Gasteiger partial charge in [0, 0.05) is 6.42 Å². The first-order valence-corrected chi connectivity index (χ1v) is 6.63. The summed E-state index contributed by atoms with van der Waals surface area (Å²) in [6, 6.07) is -1.63. The second kappa shape index (κ2) is 7.61. The number of carbonyl (C=O) groups excluding carboxylic acids is 4. The van der Waals surface area contributed by atoms with E-state index >= 15 is 0 Å². The monoisotopic (exact) mass is 300 g/mol. The van der Waals surface area contributed by atoms with Gasteiger partial charge in [-0.2, -0.15) is 0 Å². The zero-order chi connectivity index (χ0) is 16.0. The van der Waals surface area contributed by atoms with Gasteiger partial charge in [-0.25, -0.2) is 4.79 Å². The van der Waals surface area contributed by atoms with E-state index in [0.29, 0.717) is 6.42 Å². The molecule has 8 nitrogen and oxygen atoms in total. The minimum Gasteiger partial charge on any atom is -0.469 e. The maximum Gasteiger partial charge on any atom is 0.328 e. The molecule has 0 spiro atoms. The third-order valence-corrected chi connectivity index (χ3v) is 3.35. The molecule has 1 aliphatic rings. The van der Waals surface area contributed by atoms with E-state index in [4.69, 9.17) is 0 Å². The summed E-state index contributed by atoms with van der Waals surface area (Å²) < 4.78 is 9.18. The molecular weight excluding hydrogens is 280 g/mol. The Hall–Kier alpha value is -2.12. The Morgan fingerprint density at radius 1 is 1.33 bits per heavy atom. The summed E-state index contributed by atoms with van der Waals surface area (Å²) in [7, 11) is 2.44. The van der Waals surface area contributed by atoms with Crippen molar-refractivity contribution in [2.45, 2.75) is 38.3 Å². The van der Waals surface area contributed by atoms with E-state index in [-0.39, 0.29) is 18.7 Å². The molecule has 3 atom stereocenters. The lowest BCUT2D eigenvalue weighted by Gasteiger charge is -2.23. The largest absolute Gasteiger partial charge is 0.469 e. The van der Waals surface area contributed by atoms with Crippen LogP contribution in [0, 0.1) is 5.92 Å². The number of amides is 2. The fourth-order valence-corrected chi connectivity index (χ4v) is 2.09. The summed E-state index contributed by atoms with van der Waals surface area (Å²) in [6.45, 7) is 1.63. The van der Waals surface area contributed by atoms with Crippen molar-refractivity contribution in [2.24, 2.45) is 5.92 Å². The van der Waals surface area contributed by atoms with Crippen LogP contribution >= 0.6 is 0 Å². The number of methoxy groups -OCH3 is 2. The maximum atomic E-state index is 12.0. The minimum absolute atomic E-state index is 0.0342. The van der Waals surface area contributed by atoms with Crippen molar-refractivity contribution in [3.63, 3.8) is 0 Å². The third kappa shape index (κ3) is 4.73. The molecule has 0 radical (unpaired) electrons. The van der Waals surface area contributed by atoms with Crippen LogP contribution in [0.25, 0.3) is 0 Å². The smallest absolute Gasteiger partial charge is 0.328 e. The lowest BCUT2D eigenvalue weighted by Crippen LogP contribution is -2.51. The second-order valence-electron chi connectivity index (χ2n) is 4.93. The average molecular weight is 300 g/mol. The quantitative estimate of drug-likeness (QED) is 0.616. The predicted molar refractivity (Wildman–Crippen MR) is 70.9 cm³/mol. The molecule has 1 rings (SSSR count). The van der Waals surface area contributed by atoms with E-state index in [1.165, 1.54) is 14.2 Å². The highest BCUT2D eigenvalue weighted by Crippen LogP contribution is 2.13. The Morgan fingerprint density at radius 2 is 2.00 bits per heavy atom. The van der Waals surface area contributed by atoms with E-state index in [1.54, 1.807) is 6.92 Å². The van der Waals surface area contributed by atoms with Crippen LogP contribution in [0.2, 0.25) is 0 Å². The van der Waals surface area contributed by atoms with Gasteiger partial charge in [-0.05, 0) is 12.3 Å². The summed E-state index contributed by atoms with van der Waals surface area (Å²) >= 11 is 0. The Bertz CT molecular complexity index is 436. The van der Waals surface area contributed by atoms with E-state index < -0.39 is 35.8 Å². The molecule has 2 N–H and O–H groups in total. The van der Waals surface area contributed by atoms with Crippen molar-refractivity contribution in [3.05, 3.63) is 0 Å².